The molecule has 0 fully saturated rings. The van der Waals surface area contributed by atoms with Crippen LogP contribution in [-0.2, 0) is 0 Å². The van der Waals surface area contributed by atoms with Crippen LogP contribution in [0.1, 0.15) is 62.2 Å². The van der Waals surface area contributed by atoms with Crippen molar-refractivity contribution in [1.29, 1.82) is 0 Å². The normalized spacial score (nSPS) is 10.5. The molecule has 21 heavy (non-hydrogen) atoms. The summed E-state index contributed by atoms with van der Waals surface area (Å²) in [5.74, 6) is -2.35. The molecule has 3 N–H and O–H groups in total. The second kappa shape index (κ2) is 9.10. The Morgan fingerprint density at radius 3 is 2.29 bits per heavy atom. The highest BCUT2D eigenvalue weighted by Crippen LogP contribution is 2.35. The topological polar surface area (TPSA) is 87.0 Å². The lowest BCUT2D eigenvalue weighted by Crippen LogP contribution is -2.05. The molecule has 0 radical (unpaired) electrons. The smallest absolute Gasteiger partial charge is 0.343 e. The number of carbonyl (C=O) groups is 1. The van der Waals surface area contributed by atoms with Gasteiger partial charge in [-0.05, 0) is 18.6 Å². The maximum atomic E-state index is 11.1. The van der Waals surface area contributed by atoms with E-state index in [1.54, 1.807) is 0 Å². The highest BCUT2D eigenvalue weighted by molar-refractivity contribution is 5.95. The van der Waals surface area contributed by atoms with Gasteiger partial charge < -0.3 is 20.1 Å². The summed E-state index contributed by atoms with van der Waals surface area (Å²) in [6.45, 7) is 2.58. The van der Waals surface area contributed by atoms with Crippen molar-refractivity contribution in [2.75, 3.05) is 6.61 Å². The van der Waals surface area contributed by atoms with Crippen LogP contribution in [0.15, 0.2) is 12.1 Å². The van der Waals surface area contributed by atoms with Gasteiger partial charge in [-0.25, -0.2) is 4.79 Å². The van der Waals surface area contributed by atoms with Crippen LogP contribution in [0.4, 0.5) is 0 Å². The fourth-order valence-electron chi connectivity index (χ4n) is 2.13. The van der Waals surface area contributed by atoms with Crippen LogP contribution in [0, 0.1) is 0 Å². The summed E-state index contributed by atoms with van der Waals surface area (Å²) in [4.78, 5) is 11.1. The quantitative estimate of drug-likeness (QED) is 0.450. The van der Waals surface area contributed by atoms with Crippen LogP contribution in [0.5, 0.6) is 17.2 Å². The first-order valence-electron chi connectivity index (χ1n) is 7.49. The van der Waals surface area contributed by atoms with Gasteiger partial charge in [0.1, 0.15) is 11.3 Å². The molecular weight excluding hydrogens is 272 g/mol. The number of benzene rings is 1. The van der Waals surface area contributed by atoms with E-state index in [0.717, 1.165) is 19.3 Å². The monoisotopic (exact) mass is 296 g/mol. The molecule has 1 rings (SSSR count). The Morgan fingerprint density at radius 1 is 1.05 bits per heavy atom. The maximum Gasteiger partial charge on any atom is 0.343 e. The molecule has 0 unspecified atom stereocenters. The van der Waals surface area contributed by atoms with E-state index >= 15 is 0 Å². The Bertz CT molecular complexity index is 456. The molecule has 0 aliphatic carbocycles. The number of carboxylic acids is 1. The molecule has 0 bridgehead atoms. The Hall–Kier alpha value is -1.91. The SMILES string of the molecule is CCCCCCCCCOc1ccc(O)c(O)c1C(=O)O. The van der Waals surface area contributed by atoms with Crippen molar-refractivity contribution in [3.05, 3.63) is 17.7 Å². The highest BCUT2D eigenvalue weighted by atomic mass is 16.5. The summed E-state index contributed by atoms with van der Waals surface area (Å²) in [5.41, 5.74) is -0.391. The largest absolute Gasteiger partial charge is 0.504 e. The van der Waals surface area contributed by atoms with Crippen LogP contribution in [0.25, 0.3) is 0 Å². The lowest BCUT2D eigenvalue weighted by molar-refractivity contribution is 0.0688. The number of hydrogen-bond donors (Lipinski definition) is 3. The van der Waals surface area contributed by atoms with E-state index in [2.05, 4.69) is 6.92 Å². The van der Waals surface area contributed by atoms with Gasteiger partial charge in [0.25, 0.3) is 0 Å². The zero-order valence-electron chi connectivity index (χ0n) is 12.5. The number of carboxylic acid groups (broad SMARTS) is 1. The molecule has 0 amide bonds. The molecule has 5 nitrogen and oxygen atoms in total. The van der Waals surface area contributed by atoms with Crippen LogP contribution in [0.3, 0.4) is 0 Å². The number of phenolic OH excluding ortho intramolecular Hbond substituents is 1. The molecule has 0 aliphatic heterocycles. The van der Waals surface area contributed by atoms with Gasteiger partial charge in [0, 0.05) is 0 Å². The molecular formula is C16H24O5. The molecule has 0 atom stereocenters. The van der Waals surface area contributed by atoms with E-state index in [1.165, 1.54) is 37.8 Å². The molecule has 0 aromatic heterocycles. The first-order chi connectivity index (χ1) is 10.1. The van der Waals surface area contributed by atoms with Crippen LogP contribution < -0.4 is 4.74 Å². The number of ether oxygens (including phenoxy) is 1. The summed E-state index contributed by atoms with van der Waals surface area (Å²) < 4.78 is 5.41. The first-order valence-corrected chi connectivity index (χ1v) is 7.49. The molecule has 0 saturated carbocycles. The van der Waals surface area contributed by atoms with Crippen molar-refractivity contribution < 1.29 is 24.9 Å². The molecule has 1 aromatic rings. The minimum absolute atomic E-state index is 0.0868. The third kappa shape index (κ3) is 5.53. The van der Waals surface area contributed by atoms with E-state index in [-0.39, 0.29) is 5.75 Å². The second-order valence-electron chi connectivity index (χ2n) is 5.08. The van der Waals surface area contributed by atoms with Crippen molar-refractivity contribution in [3.8, 4) is 17.2 Å². The number of phenols is 2. The van der Waals surface area contributed by atoms with Gasteiger partial charge in [-0.2, -0.15) is 0 Å². The van der Waals surface area contributed by atoms with Crippen molar-refractivity contribution >= 4 is 5.97 Å². The summed E-state index contributed by atoms with van der Waals surface area (Å²) >= 11 is 0. The predicted molar refractivity (Wildman–Crippen MR) is 80.2 cm³/mol. The average Bonchev–Trinajstić information content (AvgIpc) is 2.45. The summed E-state index contributed by atoms with van der Waals surface area (Å²) in [7, 11) is 0. The number of hydrogen-bond acceptors (Lipinski definition) is 4. The minimum Gasteiger partial charge on any atom is -0.504 e. The van der Waals surface area contributed by atoms with E-state index in [1.807, 2.05) is 0 Å². The molecule has 0 saturated heterocycles. The summed E-state index contributed by atoms with van der Waals surface area (Å²) in [5, 5.41) is 27.9. The summed E-state index contributed by atoms with van der Waals surface area (Å²) in [6.07, 6.45) is 8.00. The van der Waals surface area contributed by atoms with Crippen LogP contribution >= 0.6 is 0 Å². The number of unbranched alkanes of at least 4 members (excludes halogenated alkanes) is 6. The Kier molecular flexibility index (Phi) is 7.43. The van der Waals surface area contributed by atoms with Crippen molar-refractivity contribution in [1.82, 2.24) is 0 Å². The van der Waals surface area contributed by atoms with Gasteiger partial charge in [0.15, 0.2) is 11.5 Å². The number of rotatable bonds is 10. The van der Waals surface area contributed by atoms with Gasteiger partial charge in [0.2, 0.25) is 0 Å². The van der Waals surface area contributed by atoms with E-state index in [9.17, 15) is 15.0 Å². The molecule has 118 valence electrons. The molecule has 5 heteroatoms. The fourth-order valence-corrected chi connectivity index (χ4v) is 2.13. The number of aromatic hydroxyl groups is 2. The molecule has 0 aliphatic rings. The van der Waals surface area contributed by atoms with E-state index in [4.69, 9.17) is 9.84 Å². The maximum absolute atomic E-state index is 11.1. The van der Waals surface area contributed by atoms with Gasteiger partial charge in [-0.3, -0.25) is 0 Å². The number of aromatic carboxylic acids is 1. The standard InChI is InChI=1S/C16H24O5/c1-2-3-4-5-6-7-8-11-21-13-10-9-12(17)15(18)14(13)16(19)20/h9-10,17-18H,2-8,11H2,1H3,(H,19,20). The third-order valence-electron chi connectivity index (χ3n) is 3.34. The van der Waals surface area contributed by atoms with Crippen molar-refractivity contribution in [2.45, 2.75) is 51.9 Å². The van der Waals surface area contributed by atoms with Crippen molar-refractivity contribution in [3.63, 3.8) is 0 Å². The van der Waals surface area contributed by atoms with Gasteiger partial charge in [0.05, 0.1) is 6.61 Å². The van der Waals surface area contributed by atoms with Crippen LogP contribution in [-0.4, -0.2) is 27.9 Å². The predicted octanol–water partition coefficient (Wildman–Crippen LogP) is 3.93. The van der Waals surface area contributed by atoms with Gasteiger partial charge in [-0.1, -0.05) is 45.4 Å². The molecule has 0 spiro atoms. The van der Waals surface area contributed by atoms with Gasteiger partial charge in [-0.15, -0.1) is 0 Å². The molecule has 1 aromatic carbocycles. The fraction of sp³-hybridized carbons (Fsp3) is 0.562. The van der Waals surface area contributed by atoms with E-state index < -0.39 is 23.0 Å². The minimum atomic E-state index is -1.32. The van der Waals surface area contributed by atoms with Crippen molar-refractivity contribution in [2.24, 2.45) is 0 Å². The highest BCUT2D eigenvalue weighted by Gasteiger charge is 2.19. The summed E-state index contributed by atoms with van der Waals surface area (Å²) in [6, 6.07) is 2.58. The first kappa shape index (κ1) is 17.1. The zero-order valence-corrected chi connectivity index (χ0v) is 12.5. The third-order valence-corrected chi connectivity index (χ3v) is 3.34. The lowest BCUT2D eigenvalue weighted by Gasteiger charge is -2.11. The van der Waals surface area contributed by atoms with Gasteiger partial charge >= 0.3 is 5.97 Å². The second-order valence-corrected chi connectivity index (χ2v) is 5.08. The lowest BCUT2D eigenvalue weighted by atomic mass is 10.1. The zero-order chi connectivity index (χ0) is 15.7. The van der Waals surface area contributed by atoms with Crippen LogP contribution in [0.2, 0.25) is 0 Å². The van der Waals surface area contributed by atoms with E-state index in [0.29, 0.717) is 6.61 Å². The average molecular weight is 296 g/mol. The Labute approximate surface area is 125 Å². The molecule has 0 heterocycles. The Balaban J connectivity index is 2.39. The Morgan fingerprint density at radius 2 is 1.67 bits per heavy atom.